The van der Waals surface area contributed by atoms with Crippen molar-refractivity contribution in [2.45, 2.75) is 19.3 Å². The molecule has 1 saturated heterocycles. The molecule has 1 aliphatic heterocycles. The van der Waals surface area contributed by atoms with E-state index in [1.54, 1.807) is 29.2 Å². The summed E-state index contributed by atoms with van der Waals surface area (Å²) in [6, 6.07) is 7.00. The SMILES string of the molecule is O=C(O)CCC1CCN(C(=O)c2ccccc2Cl)C1. The Bertz CT molecular complexity index is 489. The first-order valence-electron chi connectivity index (χ1n) is 6.33. The van der Waals surface area contributed by atoms with E-state index in [1.807, 2.05) is 0 Å². The monoisotopic (exact) mass is 281 g/mol. The number of carbonyl (C=O) groups is 2. The van der Waals surface area contributed by atoms with Crippen molar-refractivity contribution in [2.75, 3.05) is 13.1 Å². The molecular formula is C14H16ClNO3. The molecule has 4 nitrogen and oxygen atoms in total. The maximum Gasteiger partial charge on any atom is 0.303 e. The molecule has 1 atom stereocenters. The molecule has 0 radical (unpaired) electrons. The highest BCUT2D eigenvalue weighted by Crippen LogP contribution is 2.24. The summed E-state index contributed by atoms with van der Waals surface area (Å²) in [5, 5.41) is 9.13. The predicted molar refractivity (Wildman–Crippen MR) is 72.3 cm³/mol. The second-order valence-corrected chi connectivity index (χ2v) is 5.23. The van der Waals surface area contributed by atoms with E-state index >= 15 is 0 Å². The number of carbonyl (C=O) groups excluding carboxylic acids is 1. The van der Waals surface area contributed by atoms with E-state index in [0.29, 0.717) is 30.1 Å². The Hall–Kier alpha value is -1.55. The van der Waals surface area contributed by atoms with Gasteiger partial charge in [0.15, 0.2) is 0 Å². The first kappa shape index (κ1) is 13.9. The third-order valence-corrected chi connectivity index (χ3v) is 3.77. The molecule has 0 aromatic heterocycles. The van der Waals surface area contributed by atoms with Crippen molar-refractivity contribution in [2.24, 2.45) is 5.92 Å². The molecule has 5 heteroatoms. The normalized spacial score (nSPS) is 18.6. The van der Waals surface area contributed by atoms with Crippen LogP contribution in [0.3, 0.4) is 0 Å². The summed E-state index contributed by atoms with van der Waals surface area (Å²) in [7, 11) is 0. The Labute approximate surface area is 117 Å². The number of rotatable bonds is 4. The minimum atomic E-state index is -0.782. The van der Waals surface area contributed by atoms with Crippen LogP contribution < -0.4 is 0 Å². The van der Waals surface area contributed by atoms with Gasteiger partial charge < -0.3 is 10.0 Å². The number of likely N-dealkylation sites (tertiary alicyclic amines) is 1. The van der Waals surface area contributed by atoms with E-state index in [2.05, 4.69) is 0 Å². The van der Waals surface area contributed by atoms with Crippen molar-refractivity contribution in [1.29, 1.82) is 0 Å². The highest BCUT2D eigenvalue weighted by molar-refractivity contribution is 6.33. The van der Waals surface area contributed by atoms with E-state index in [1.165, 1.54) is 0 Å². The van der Waals surface area contributed by atoms with Crippen molar-refractivity contribution in [3.63, 3.8) is 0 Å². The first-order chi connectivity index (χ1) is 9.08. The third kappa shape index (κ3) is 3.47. The minimum Gasteiger partial charge on any atom is -0.481 e. The Kier molecular flexibility index (Phi) is 4.43. The van der Waals surface area contributed by atoms with Crippen molar-refractivity contribution < 1.29 is 14.7 Å². The summed E-state index contributed by atoms with van der Waals surface area (Å²) in [6.45, 7) is 1.30. The number of nitrogens with zero attached hydrogens (tertiary/aromatic N) is 1. The maximum atomic E-state index is 12.3. The van der Waals surface area contributed by atoms with E-state index in [0.717, 1.165) is 6.42 Å². The van der Waals surface area contributed by atoms with Gasteiger partial charge >= 0.3 is 5.97 Å². The van der Waals surface area contributed by atoms with Gasteiger partial charge in [-0.05, 0) is 30.9 Å². The van der Waals surface area contributed by atoms with Crippen LogP contribution >= 0.6 is 11.6 Å². The van der Waals surface area contributed by atoms with E-state index < -0.39 is 5.97 Å². The highest BCUT2D eigenvalue weighted by Gasteiger charge is 2.27. The zero-order valence-electron chi connectivity index (χ0n) is 10.5. The van der Waals surface area contributed by atoms with Gasteiger partial charge in [-0.2, -0.15) is 0 Å². The number of carboxylic acid groups (broad SMARTS) is 1. The molecule has 0 aliphatic carbocycles. The fourth-order valence-electron chi connectivity index (χ4n) is 2.39. The number of benzene rings is 1. The first-order valence-corrected chi connectivity index (χ1v) is 6.71. The van der Waals surface area contributed by atoms with Crippen LogP contribution in [0.15, 0.2) is 24.3 Å². The zero-order chi connectivity index (χ0) is 13.8. The quantitative estimate of drug-likeness (QED) is 0.923. The average molecular weight is 282 g/mol. The van der Waals surface area contributed by atoms with Gasteiger partial charge in [0, 0.05) is 19.5 Å². The minimum absolute atomic E-state index is 0.0663. The van der Waals surface area contributed by atoms with Gasteiger partial charge in [0.25, 0.3) is 5.91 Å². The van der Waals surface area contributed by atoms with Crippen molar-refractivity contribution in [3.05, 3.63) is 34.9 Å². The molecule has 0 saturated carbocycles. The second kappa shape index (κ2) is 6.06. The molecule has 1 amide bonds. The summed E-state index contributed by atoms with van der Waals surface area (Å²) in [6.07, 6.45) is 1.66. The molecule has 1 aromatic rings. The lowest BCUT2D eigenvalue weighted by Gasteiger charge is -2.17. The molecule has 19 heavy (non-hydrogen) atoms. The number of aliphatic carboxylic acids is 1. The molecule has 0 spiro atoms. The van der Waals surface area contributed by atoms with Gasteiger partial charge in [0.2, 0.25) is 0 Å². The van der Waals surface area contributed by atoms with Crippen LogP contribution in [0.5, 0.6) is 0 Å². The van der Waals surface area contributed by atoms with Gasteiger partial charge in [-0.1, -0.05) is 23.7 Å². The van der Waals surface area contributed by atoms with Gasteiger partial charge in [-0.25, -0.2) is 0 Å². The van der Waals surface area contributed by atoms with Crippen LogP contribution in [-0.2, 0) is 4.79 Å². The van der Waals surface area contributed by atoms with Crippen molar-refractivity contribution >= 4 is 23.5 Å². The van der Waals surface area contributed by atoms with E-state index in [4.69, 9.17) is 16.7 Å². The van der Waals surface area contributed by atoms with Crippen molar-refractivity contribution in [3.8, 4) is 0 Å². The molecule has 1 fully saturated rings. The third-order valence-electron chi connectivity index (χ3n) is 3.44. The summed E-state index contributed by atoms with van der Waals surface area (Å²) < 4.78 is 0. The lowest BCUT2D eigenvalue weighted by atomic mass is 10.0. The van der Waals surface area contributed by atoms with E-state index in [-0.39, 0.29) is 18.2 Å². The standard InChI is InChI=1S/C14H16ClNO3/c15-12-4-2-1-3-11(12)14(19)16-8-7-10(9-16)5-6-13(17)18/h1-4,10H,5-9H2,(H,17,18). The molecule has 1 N–H and O–H groups in total. The Morgan fingerprint density at radius 1 is 1.37 bits per heavy atom. The fraction of sp³-hybridized carbons (Fsp3) is 0.429. The van der Waals surface area contributed by atoms with Gasteiger partial charge in [-0.15, -0.1) is 0 Å². The van der Waals surface area contributed by atoms with Crippen LogP contribution in [0.1, 0.15) is 29.6 Å². The summed E-state index contributed by atoms with van der Waals surface area (Å²) in [5.41, 5.74) is 0.517. The molecular weight excluding hydrogens is 266 g/mol. The van der Waals surface area contributed by atoms with Crippen LogP contribution in [0.2, 0.25) is 5.02 Å². The zero-order valence-corrected chi connectivity index (χ0v) is 11.3. The summed E-state index contributed by atoms with van der Waals surface area (Å²) in [5.74, 6) is -0.568. The number of hydrogen-bond acceptors (Lipinski definition) is 2. The predicted octanol–water partition coefficient (Wildman–Crippen LogP) is 2.67. The number of amides is 1. The van der Waals surface area contributed by atoms with Crippen molar-refractivity contribution in [1.82, 2.24) is 4.90 Å². The fourth-order valence-corrected chi connectivity index (χ4v) is 2.60. The molecule has 1 heterocycles. The lowest BCUT2D eigenvalue weighted by molar-refractivity contribution is -0.137. The Morgan fingerprint density at radius 2 is 2.11 bits per heavy atom. The molecule has 0 bridgehead atoms. The lowest BCUT2D eigenvalue weighted by Crippen LogP contribution is -2.29. The smallest absolute Gasteiger partial charge is 0.303 e. The number of carboxylic acids is 1. The van der Waals surface area contributed by atoms with Gasteiger partial charge in [0.1, 0.15) is 0 Å². The van der Waals surface area contributed by atoms with Crippen LogP contribution in [0, 0.1) is 5.92 Å². The maximum absolute atomic E-state index is 12.3. The molecule has 1 aromatic carbocycles. The Balaban J connectivity index is 1.95. The van der Waals surface area contributed by atoms with Crippen LogP contribution in [0.25, 0.3) is 0 Å². The topological polar surface area (TPSA) is 57.6 Å². The molecule has 1 unspecified atom stereocenters. The number of hydrogen-bond donors (Lipinski definition) is 1. The molecule has 2 rings (SSSR count). The largest absolute Gasteiger partial charge is 0.481 e. The second-order valence-electron chi connectivity index (χ2n) is 4.82. The molecule has 102 valence electrons. The molecule has 1 aliphatic rings. The van der Waals surface area contributed by atoms with Gasteiger partial charge in [0.05, 0.1) is 10.6 Å². The summed E-state index contributed by atoms with van der Waals surface area (Å²) in [4.78, 5) is 24.6. The van der Waals surface area contributed by atoms with Crippen LogP contribution in [-0.4, -0.2) is 35.0 Å². The van der Waals surface area contributed by atoms with Crippen LogP contribution in [0.4, 0.5) is 0 Å². The van der Waals surface area contributed by atoms with Gasteiger partial charge in [-0.3, -0.25) is 9.59 Å². The summed E-state index contributed by atoms with van der Waals surface area (Å²) >= 11 is 6.01. The number of halogens is 1. The van der Waals surface area contributed by atoms with E-state index in [9.17, 15) is 9.59 Å². The Morgan fingerprint density at radius 3 is 2.79 bits per heavy atom. The highest BCUT2D eigenvalue weighted by atomic mass is 35.5. The average Bonchev–Trinajstić information content (AvgIpc) is 2.85.